The Kier molecular flexibility index (Phi) is 9.02. The third kappa shape index (κ3) is 6.91. The average Bonchev–Trinajstić information content (AvgIpc) is 2.81. The zero-order valence-corrected chi connectivity index (χ0v) is 20.8. The predicted octanol–water partition coefficient (Wildman–Crippen LogP) is 8.34. The van der Waals surface area contributed by atoms with E-state index >= 15 is 0 Å². The molecule has 1 atom stereocenters. The van der Waals surface area contributed by atoms with Gasteiger partial charge in [0.15, 0.2) is 0 Å². The molecule has 0 heterocycles. The highest BCUT2D eigenvalue weighted by Gasteiger charge is 2.35. The zero-order valence-electron chi connectivity index (χ0n) is 20.8. The Balaban J connectivity index is 2.94. The molecule has 0 fully saturated rings. The maximum absolute atomic E-state index is 13.3. The summed E-state index contributed by atoms with van der Waals surface area (Å²) in [4.78, 5) is 0. The van der Waals surface area contributed by atoms with Gasteiger partial charge in [0.25, 0.3) is 0 Å². The van der Waals surface area contributed by atoms with Crippen LogP contribution in [0.4, 0.5) is 39.5 Å². The summed E-state index contributed by atoms with van der Waals surface area (Å²) in [5.74, 6) is 0. The molecule has 0 amide bonds. The summed E-state index contributed by atoms with van der Waals surface area (Å²) < 4.78 is 119. The van der Waals surface area contributed by atoms with Crippen molar-refractivity contribution in [2.24, 2.45) is 0 Å². The van der Waals surface area contributed by atoms with Gasteiger partial charge >= 0.3 is 18.5 Å². The highest BCUT2D eigenvalue weighted by atomic mass is 19.4. The van der Waals surface area contributed by atoms with E-state index in [0.29, 0.717) is 11.5 Å². The van der Waals surface area contributed by atoms with E-state index in [1.165, 1.54) is 6.92 Å². The Labute approximate surface area is 215 Å². The largest absolute Gasteiger partial charge is 0.416 e. The van der Waals surface area contributed by atoms with Crippen LogP contribution in [0, 0.1) is 6.92 Å². The Morgan fingerprint density at radius 2 is 1.16 bits per heavy atom. The molecule has 10 heteroatoms. The Morgan fingerprint density at radius 3 is 1.58 bits per heavy atom. The summed E-state index contributed by atoms with van der Waals surface area (Å²) in [6, 6.07) is 10.6. The first-order chi connectivity index (χ1) is 17.3. The number of hydrogen-bond acceptors (Lipinski definition) is 0. The third-order valence-electron chi connectivity index (χ3n) is 6.46. The molecule has 0 aliphatic rings. The van der Waals surface area contributed by atoms with Crippen LogP contribution in [0.5, 0.6) is 0 Å². The molecule has 2 aromatic carbocycles. The van der Waals surface area contributed by atoms with E-state index < -0.39 is 41.4 Å². The number of hydrogen-bond donors (Lipinski definition) is 0. The van der Waals surface area contributed by atoms with Crippen molar-refractivity contribution < 1.29 is 39.5 Å². The molecule has 0 aliphatic heterocycles. The Hall–Kier alpha value is -3.43. The second kappa shape index (κ2) is 11.1. The van der Waals surface area contributed by atoms with Gasteiger partial charge in [-0.15, -0.1) is 12.7 Å². The normalized spacial score (nSPS) is 15.5. The van der Waals surface area contributed by atoms with Crippen molar-refractivity contribution >= 4 is 17.1 Å². The molecule has 0 aliphatic carbocycles. The van der Waals surface area contributed by atoms with Crippen LogP contribution in [0.1, 0.15) is 25.0 Å². The topological polar surface area (TPSA) is 0 Å². The Morgan fingerprint density at radius 1 is 0.684 bits per heavy atom. The van der Waals surface area contributed by atoms with E-state index in [9.17, 15) is 39.5 Å². The van der Waals surface area contributed by atoms with E-state index in [-0.39, 0.29) is 16.4 Å². The highest BCUT2D eigenvalue weighted by molar-refractivity contribution is 7.12. The van der Waals surface area contributed by atoms with E-state index in [4.69, 9.17) is 0 Å². The summed E-state index contributed by atoms with van der Waals surface area (Å²) in [7, 11) is 0. The maximum atomic E-state index is 13.3. The van der Waals surface area contributed by atoms with Gasteiger partial charge in [-0.2, -0.15) is 50.4 Å². The second-order valence-electron chi connectivity index (χ2n) is 9.09. The standard InChI is InChI=1S/C28H25BF9/c1-18-6-14-24(15-7-18)29(21(4)10-8-19(2)26(30,31)32,22(5)11-9-20(3)27(33,34)35)25-16-12-23(13-17-25)28(36,37)38/h6-17H,2,4H2,1,3,5H3/q-1/b10-8-,20-9+,22-11+. The number of halogens is 9. The van der Waals surface area contributed by atoms with Gasteiger partial charge in [-0.1, -0.05) is 85.8 Å². The number of allylic oxidation sites excluding steroid dienone is 8. The van der Waals surface area contributed by atoms with Gasteiger partial charge in [0.05, 0.1) is 5.56 Å². The van der Waals surface area contributed by atoms with Crippen LogP contribution in [-0.2, 0) is 6.18 Å². The van der Waals surface area contributed by atoms with Gasteiger partial charge in [0.2, 0.25) is 0 Å². The first-order valence-corrected chi connectivity index (χ1v) is 11.3. The van der Waals surface area contributed by atoms with Crippen LogP contribution < -0.4 is 10.9 Å². The number of benzene rings is 2. The third-order valence-corrected chi connectivity index (χ3v) is 6.46. The summed E-state index contributed by atoms with van der Waals surface area (Å²) >= 11 is 0. The minimum atomic E-state index is -4.75. The second-order valence-corrected chi connectivity index (χ2v) is 9.09. The van der Waals surface area contributed by atoms with Crippen molar-refractivity contribution in [2.75, 3.05) is 0 Å². The molecule has 0 nitrogen and oxygen atoms in total. The lowest BCUT2D eigenvalue weighted by Crippen LogP contribution is -2.61. The summed E-state index contributed by atoms with van der Waals surface area (Å²) in [5.41, 5.74) is -1.35. The monoisotopic (exact) mass is 543 g/mol. The molecular weight excluding hydrogens is 518 g/mol. The van der Waals surface area contributed by atoms with Crippen LogP contribution in [0.3, 0.4) is 0 Å². The van der Waals surface area contributed by atoms with Crippen LogP contribution >= 0.6 is 0 Å². The minimum Gasteiger partial charge on any atom is -0.220 e. The van der Waals surface area contributed by atoms with Crippen LogP contribution in [0.25, 0.3) is 0 Å². The van der Waals surface area contributed by atoms with Crippen molar-refractivity contribution in [3.05, 3.63) is 119 Å². The molecule has 0 spiro atoms. The molecule has 38 heavy (non-hydrogen) atoms. The van der Waals surface area contributed by atoms with E-state index in [0.717, 1.165) is 55.0 Å². The van der Waals surface area contributed by atoms with Crippen molar-refractivity contribution in [3.8, 4) is 0 Å². The molecule has 0 saturated heterocycles. The molecule has 0 N–H and O–H groups in total. The number of rotatable bonds is 7. The lowest BCUT2D eigenvalue weighted by Gasteiger charge is -2.45. The number of aryl methyl sites for hydroxylation is 1. The van der Waals surface area contributed by atoms with Gasteiger partial charge in [0, 0.05) is 11.1 Å². The molecule has 0 aromatic heterocycles. The molecule has 204 valence electrons. The van der Waals surface area contributed by atoms with Crippen molar-refractivity contribution in [1.82, 2.24) is 0 Å². The van der Waals surface area contributed by atoms with Crippen molar-refractivity contribution in [1.29, 1.82) is 0 Å². The van der Waals surface area contributed by atoms with Gasteiger partial charge in [-0.3, -0.25) is 0 Å². The first kappa shape index (κ1) is 30.8. The molecule has 0 saturated carbocycles. The fourth-order valence-corrected chi connectivity index (χ4v) is 4.20. The fraction of sp³-hybridized carbons (Fsp3) is 0.214. The maximum Gasteiger partial charge on any atom is 0.416 e. The lowest BCUT2D eigenvalue weighted by atomic mass is 9.12. The smallest absolute Gasteiger partial charge is 0.220 e. The summed E-state index contributed by atoms with van der Waals surface area (Å²) in [6.45, 7) is 11.0. The van der Waals surface area contributed by atoms with Crippen LogP contribution in [0.15, 0.2) is 108 Å². The molecule has 1 unspecified atom stereocenters. The molecule has 2 aromatic rings. The number of alkyl halides is 9. The predicted molar refractivity (Wildman–Crippen MR) is 135 cm³/mol. The van der Waals surface area contributed by atoms with E-state index in [1.807, 2.05) is 0 Å². The van der Waals surface area contributed by atoms with E-state index in [2.05, 4.69) is 13.2 Å². The van der Waals surface area contributed by atoms with Crippen LogP contribution in [0.2, 0.25) is 0 Å². The van der Waals surface area contributed by atoms with Gasteiger partial charge in [0.1, 0.15) is 6.15 Å². The first-order valence-electron chi connectivity index (χ1n) is 11.3. The van der Waals surface area contributed by atoms with Crippen molar-refractivity contribution in [3.63, 3.8) is 0 Å². The molecular formula is C28H25BF9-. The lowest BCUT2D eigenvalue weighted by molar-refractivity contribution is -0.137. The summed E-state index contributed by atoms with van der Waals surface area (Å²) in [5, 5.41) is 0. The quantitative estimate of drug-likeness (QED) is 0.187. The summed E-state index contributed by atoms with van der Waals surface area (Å²) in [6.07, 6.45) is -12.9. The van der Waals surface area contributed by atoms with Gasteiger partial charge in [-0.25, -0.2) is 10.9 Å². The van der Waals surface area contributed by atoms with Crippen LogP contribution in [-0.4, -0.2) is 18.5 Å². The minimum absolute atomic E-state index is 0.0332. The van der Waals surface area contributed by atoms with Crippen molar-refractivity contribution in [2.45, 2.75) is 39.3 Å². The molecule has 0 bridgehead atoms. The zero-order chi connectivity index (χ0) is 29.1. The Bertz CT molecular complexity index is 1250. The SMILES string of the molecule is C=C(/C=C\C(=C)C(F)(F)F)[B-](/C(C)=C/C=C(\C)C(F)(F)F)(c1ccc(C)cc1)c1ccc(C(F)(F)F)cc1. The van der Waals surface area contributed by atoms with Gasteiger partial charge < -0.3 is 0 Å². The highest BCUT2D eigenvalue weighted by Crippen LogP contribution is 2.32. The fourth-order valence-electron chi connectivity index (χ4n) is 4.20. The van der Waals surface area contributed by atoms with E-state index in [1.54, 1.807) is 31.2 Å². The average molecular weight is 543 g/mol. The molecule has 0 radical (unpaired) electrons. The molecule has 2 rings (SSSR count). The van der Waals surface area contributed by atoms with Gasteiger partial charge in [-0.05, 0) is 13.8 Å².